The fraction of sp³-hybridized carbons (Fsp3) is 0.548. The lowest BCUT2D eigenvalue weighted by Gasteiger charge is -2.28. The maximum Gasteiger partial charge on any atom is 0.243 e. The number of benzene rings is 2. The Morgan fingerprint density at radius 3 is 2.41 bits per heavy atom. The van der Waals surface area contributed by atoms with E-state index in [1.807, 2.05) is 35.2 Å². The number of carbonyl (C=O) groups is 2. The van der Waals surface area contributed by atoms with Crippen LogP contribution in [0.4, 0.5) is 0 Å². The molecule has 2 amide bonds. The van der Waals surface area contributed by atoms with E-state index < -0.39 is 54.6 Å². The average Bonchev–Trinajstić information content (AvgIpc) is 3.67. The molecule has 2 aromatic carbocycles. The Bertz CT molecular complexity index is 1560. The van der Waals surface area contributed by atoms with E-state index in [4.69, 9.17) is 9.47 Å². The summed E-state index contributed by atoms with van der Waals surface area (Å²) in [5.41, 5.74) is -0.713. The van der Waals surface area contributed by atoms with Gasteiger partial charge in [0.25, 0.3) is 0 Å². The molecule has 0 bridgehead atoms. The number of rotatable bonds is 17. The van der Waals surface area contributed by atoms with E-state index in [9.17, 15) is 31.5 Å². The smallest absolute Gasteiger partial charge is 0.243 e. The van der Waals surface area contributed by atoms with Crippen molar-refractivity contribution in [3.05, 3.63) is 54.1 Å². The standard InChI is InChI=1S/C31H44N4O9S2/c1-31(38,21-46(41,42)24-12-13-27-28(17-24)44-22-43-27)20-33-25(23-9-4-3-5-10-23)11-8-14-32-30(37)26(19-45(2,39)40)34-29(36)18-35-15-6-7-16-35/h3-5,9-10,12-13,17,25-26,33,38H,6-8,11,14-16,18-22H2,1-2H3,(H,32,37)(H,34,36)/t25-,26+,31+/m0/s1. The van der Waals surface area contributed by atoms with Gasteiger partial charge in [-0.05, 0) is 63.4 Å². The first-order chi connectivity index (χ1) is 21.7. The maximum absolute atomic E-state index is 13.1. The number of nitrogens with one attached hydrogen (secondary N) is 3. The zero-order valence-corrected chi connectivity index (χ0v) is 27.9. The Labute approximate surface area is 270 Å². The number of amides is 2. The first-order valence-corrected chi connectivity index (χ1v) is 19.0. The van der Waals surface area contributed by atoms with Gasteiger partial charge in [-0.25, -0.2) is 16.8 Å². The quantitative estimate of drug-likeness (QED) is 0.174. The molecule has 0 unspecified atom stereocenters. The Kier molecular flexibility index (Phi) is 12.1. The van der Waals surface area contributed by atoms with Crippen molar-refractivity contribution in [1.82, 2.24) is 20.9 Å². The van der Waals surface area contributed by atoms with Crippen LogP contribution in [0, 0.1) is 0 Å². The lowest BCUT2D eigenvalue weighted by Crippen LogP contribution is -2.52. The molecule has 2 aliphatic heterocycles. The molecule has 4 rings (SSSR count). The zero-order chi connectivity index (χ0) is 33.4. The van der Waals surface area contributed by atoms with Gasteiger partial charge in [-0.15, -0.1) is 0 Å². The molecule has 0 aliphatic carbocycles. The number of ether oxygens (including phenoxy) is 2. The molecule has 46 heavy (non-hydrogen) atoms. The van der Waals surface area contributed by atoms with Gasteiger partial charge in [-0.2, -0.15) is 0 Å². The molecule has 0 aromatic heterocycles. The van der Waals surface area contributed by atoms with Crippen LogP contribution in [0.3, 0.4) is 0 Å². The molecule has 2 heterocycles. The van der Waals surface area contributed by atoms with Gasteiger partial charge < -0.3 is 30.5 Å². The van der Waals surface area contributed by atoms with E-state index >= 15 is 0 Å². The Morgan fingerprint density at radius 1 is 1.02 bits per heavy atom. The van der Waals surface area contributed by atoms with Crippen LogP contribution in [-0.2, 0) is 29.3 Å². The third kappa shape index (κ3) is 10.9. The van der Waals surface area contributed by atoms with Gasteiger partial charge in [0.1, 0.15) is 15.9 Å². The highest BCUT2D eigenvalue weighted by atomic mass is 32.2. The van der Waals surface area contributed by atoms with Crippen molar-refractivity contribution in [2.75, 3.05) is 57.3 Å². The number of nitrogens with zero attached hydrogens (tertiary/aromatic N) is 1. The molecule has 1 fully saturated rings. The molecule has 0 radical (unpaired) electrons. The Balaban J connectivity index is 1.32. The highest BCUT2D eigenvalue weighted by Gasteiger charge is 2.32. The van der Waals surface area contributed by atoms with Gasteiger partial charge >= 0.3 is 0 Å². The van der Waals surface area contributed by atoms with Crippen molar-refractivity contribution in [2.24, 2.45) is 0 Å². The number of hydrogen-bond acceptors (Lipinski definition) is 11. The first kappa shape index (κ1) is 35.6. The number of sulfone groups is 2. The summed E-state index contributed by atoms with van der Waals surface area (Å²) in [6.07, 6.45) is 4.00. The van der Waals surface area contributed by atoms with Gasteiger partial charge in [-0.3, -0.25) is 14.5 Å². The molecular weight excluding hydrogens is 636 g/mol. The Morgan fingerprint density at radius 2 is 1.72 bits per heavy atom. The van der Waals surface area contributed by atoms with Gasteiger partial charge in [0.05, 0.1) is 28.5 Å². The molecule has 0 spiro atoms. The topological polar surface area (TPSA) is 180 Å². The van der Waals surface area contributed by atoms with Crippen LogP contribution in [0.25, 0.3) is 0 Å². The first-order valence-electron chi connectivity index (χ1n) is 15.3. The van der Waals surface area contributed by atoms with Gasteiger partial charge in [0.15, 0.2) is 21.3 Å². The predicted octanol–water partition coefficient (Wildman–Crippen LogP) is 0.793. The lowest BCUT2D eigenvalue weighted by molar-refractivity contribution is -0.128. The summed E-state index contributed by atoms with van der Waals surface area (Å²) in [7, 11) is -7.42. The van der Waals surface area contributed by atoms with Crippen LogP contribution in [-0.4, -0.2) is 108 Å². The molecule has 0 saturated carbocycles. The SMILES string of the molecule is C[C@@](O)(CN[C@@H](CCCNC(=O)[C@@H](CS(C)(=O)=O)NC(=O)CN1CCCC1)c1ccccc1)CS(=O)(=O)c1ccc2c(c1)OCO2. The van der Waals surface area contributed by atoms with Gasteiger partial charge in [-0.1, -0.05) is 30.3 Å². The van der Waals surface area contributed by atoms with Crippen molar-refractivity contribution in [1.29, 1.82) is 0 Å². The fourth-order valence-corrected chi connectivity index (χ4v) is 8.03. The average molecular weight is 681 g/mol. The second-order valence-electron chi connectivity index (χ2n) is 12.2. The molecular formula is C31H44N4O9S2. The molecule has 254 valence electrons. The van der Waals surface area contributed by atoms with Crippen LogP contribution in [0.2, 0.25) is 0 Å². The minimum atomic E-state index is -3.87. The molecule has 13 nitrogen and oxygen atoms in total. The van der Waals surface area contributed by atoms with Crippen LogP contribution in [0.15, 0.2) is 53.4 Å². The van der Waals surface area contributed by atoms with Crippen molar-refractivity contribution >= 4 is 31.5 Å². The van der Waals surface area contributed by atoms with Crippen molar-refractivity contribution in [3.8, 4) is 11.5 Å². The van der Waals surface area contributed by atoms with Gasteiger partial charge in [0.2, 0.25) is 18.6 Å². The van der Waals surface area contributed by atoms with Crippen LogP contribution in [0.5, 0.6) is 11.5 Å². The summed E-state index contributed by atoms with van der Waals surface area (Å²) >= 11 is 0. The number of fused-ring (bicyclic) bond motifs is 1. The van der Waals surface area contributed by atoms with E-state index in [2.05, 4.69) is 16.0 Å². The summed E-state index contributed by atoms with van der Waals surface area (Å²) in [5.74, 6) is -1.23. The van der Waals surface area contributed by atoms with Crippen molar-refractivity contribution < 1.29 is 41.0 Å². The molecule has 4 N–H and O–H groups in total. The highest BCUT2D eigenvalue weighted by molar-refractivity contribution is 7.91. The minimum Gasteiger partial charge on any atom is -0.454 e. The summed E-state index contributed by atoms with van der Waals surface area (Å²) < 4.78 is 60.8. The normalized spacial score (nSPS) is 17.6. The van der Waals surface area contributed by atoms with E-state index in [-0.39, 0.29) is 37.4 Å². The van der Waals surface area contributed by atoms with Crippen molar-refractivity contribution in [3.63, 3.8) is 0 Å². The predicted molar refractivity (Wildman–Crippen MR) is 172 cm³/mol. The lowest BCUT2D eigenvalue weighted by atomic mass is 10.0. The van der Waals surface area contributed by atoms with Crippen molar-refractivity contribution in [2.45, 2.75) is 55.2 Å². The second kappa shape index (κ2) is 15.6. The second-order valence-corrected chi connectivity index (χ2v) is 16.4. The van der Waals surface area contributed by atoms with E-state index in [0.717, 1.165) is 37.8 Å². The summed E-state index contributed by atoms with van der Waals surface area (Å²) in [6, 6.07) is 12.3. The number of hydrogen-bond donors (Lipinski definition) is 4. The number of carbonyl (C=O) groups excluding carboxylic acids is 2. The van der Waals surface area contributed by atoms with E-state index in [1.54, 1.807) is 0 Å². The number of likely N-dealkylation sites (tertiary alicyclic amines) is 1. The largest absolute Gasteiger partial charge is 0.454 e. The monoisotopic (exact) mass is 680 g/mol. The molecule has 3 atom stereocenters. The molecule has 2 aliphatic rings. The molecule has 15 heteroatoms. The third-order valence-corrected chi connectivity index (χ3v) is 10.7. The fourth-order valence-electron chi connectivity index (χ4n) is 5.54. The third-order valence-electron chi connectivity index (χ3n) is 7.79. The summed E-state index contributed by atoms with van der Waals surface area (Å²) in [5, 5.41) is 19.7. The minimum absolute atomic E-state index is 0.0156. The number of aliphatic hydroxyl groups is 1. The molecule has 1 saturated heterocycles. The Hall–Kier alpha value is -3.24. The summed E-state index contributed by atoms with van der Waals surface area (Å²) in [4.78, 5) is 27.5. The van der Waals surface area contributed by atoms with E-state index in [0.29, 0.717) is 24.3 Å². The maximum atomic E-state index is 13.1. The van der Waals surface area contributed by atoms with Crippen LogP contribution < -0.4 is 25.4 Å². The molecule has 2 aromatic rings. The van der Waals surface area contributed by atoms with Crippen LogP contribution >= 0.6 is 0 Å². The van der Waals surface area contributed by atoms with E-state index in [1.165, 1.54) is 25.1 Å². The van der Waals surface area contributed by atoms with Gasteiger partial charge in [0, 0.05) is 31.5 Å². The highest BCUT2D eigenvalue weighted by Crippen LogP contribution is 2.34. The zero-order valence-electron chi connectivity index (χ0n) is 26.2. The van der Waals surface area contributed by atoms with Crippen LogP contribution in [0.1, 0.15) is 44.2 Å². The summed E-state index contributed by atoms with van der Waals surface area (Å²) in [6.45, 7) is 3.33.